The van der Waals surface area contributed by atoms with Gasteiger partial charge in [0.2, 0.25) is 0 Å². The second-order valence-corrected chi connectivity index (χ2v) is 9.95. The van der Waals surface area contributed by atoms with Gasteiger partial charge in [0.1, 0.15) is 0 Å². The highest BCUT2D eigenvalue weighted by atomic mass is 16.5. The number of carboxylic acids is 1. The smallest absolute Gasteiger partial charge is 0.328 e. The Hall–Kier alpha value is -2.47. The van der Waals surface area contributed by atoms with Crippen LogP contribution in [0.2, 0.25) is 0 Å². The Kier molecular flexibility index (Phi) is 8.46. The number of carboxylic acid groups (broad SMARTS) is 1. The molecule has 0 bridgehead atoms. The number of rotatable bonds is 11. The van der Waals surface area contributed by atoms with Crippen molar-refractivity contribution in [1.29, 1.82) is 0 Å². The van der Waals surface area contributed by atoms with Crippen molar-refractivity contribution >= 4 is 12.0 Å². The zero-order valence-corrected chi connectivity index (χ0v) is 20.2. The number of nitrogens with one attached hydrogen (secondary N) is 1. The molecule has 0 spiro atoms. The average Bonchev–Trinajstić information content (AvgIpc) is 3.16. The van der Waals surface area contributed by atoms with Crippen LogP contribution in [0.5, 0.6) is 0 Å². The summed E-state index contributed by atoms with van der Waals surface area (Å²) < 4.78 is 5.96. The maximum absolute atomic E-state index is 10.9. The summed E-state index contributed by atoms with van der Waals surface area (Å²) in [5.41, 5.74) is 5.65. The highest BCUT2D eigenvalue weighted by Gasteiger charge is 2.28. The van der Waals surface area contributed by atoms with Crippen LogP contribution in [0, 0.1) is 12.8 Å². The quantitative estimate of drug-likeness (QED) is 0.432. The molecule has 2 aromatic rings. The van der Waals surface area contributed by atoms with E-state index in [0.717, 1.165) is 42.0 Å². The molecule has 0 fully saturated rings. The largest absolute Gasteiger partial charge is 0.478 e. The molecule has 3 rings (SSSR count). The van der Waals surface area contributed by atoms with Crippen LogP contribution in [0.15, 0.2) is 48.5 Å². The van der Waals surface area contributed by atoms with Gasteiger partial charge in [-0.1, -0.05) is 48.0 Å². The topological polar surface area (TPSA) is 78.8 Å². The van der Waals surface area contributed by atoms with Crippen LogP contribution in [0.4, 0.5) is 0 Å². The standard InChI is InChI=1S/C28H37NO4/c1-19-9-10-22(11-12-27(31)32)26(13-19)20(2)33-18-25(30)17-29-28(3,4)16-21-14-23-7-5-6-8-24(23)15-21/h5-13,20-21,25,29-30H,14-18H2,1-4H3,(H,31,32)/b12-11+/t20-,25+/m1/s1. The number of β-amino-alcohol motifs (C(OH)–C–C–N with tert-alkyl or cyclic N) is 1. The zero-order chi connectivity index (χ0) is 24.0. The molecule has 0 heterocycles. The van der Waals surface area contributed by atoms with Gasteiger partial charge in [0.15, 0.2) is 0 Å². The van der Waals surface area contributed by atoms with E-state index in [1.54, 1.807) is 6.08 Å². The van der Waals surface area contributed by atoms with Gasteiger partial charge in [0.25, 0.3) is 0 Å². The van der Waals surface area contributed by atoms with Crippen LogP contribution in [0.1, 0.15) is 61.1 Å². The van der Waals surface area contributed by atoms with E-state index in [1.807, 2.05) is 32.0 Å². The highest BCUT2D eigenvalue weighted by Crippen LogP contribution is 2.32. The fraction of sp³-hybridized carbons (Fsp3) is 0.464. The second kappa shape index (κ2) is 11.1. The second-order valence-electron chi connectivity index (χ2n) is 9.95. The average molecular weight is 452 g/mol. The molecule has 178 valence electrons. The summed E-state index contributed by atoms with van der Waals surface area (Å²) in [4.78, 5) is 10.9. The zero-order valence-electron chi connectivity index (χ0n) is 20.2. The van der Waals surface area contributed by atoms with Gasteiger partial charge in [-0.3, -0.25) is 0 Å². The van der Waals surface area contributed by atoms with Crippen molar-refractivity contribution in [2.75, 3.05) is 13.2 Å². The summed E-state index contributed by atoms with van der Waals surface area (Å²) in [6.07, 6.45) is 5.12. The molecule has 0 saturated carbocycles. The SMILES string of the molecule is Cc1ccc(/C=C/C(=O)O)c([C@@H](C)OC[C@@H](O)CNC(C)(C)CC2Cc3ccccc3C2)c1. The first kappa shape index (κ1) is 25.2. The highest BCUT2D eigenvalue weighted by molar-refractivity contribution is 5.85. The Bertz CT molecular complexity index is 957. The molecular formula is C28H37NO4. The molecule has 2 aromatic carbocycles. The number of aliphatic hydroxyl groups is 1. The summed E-state index contributed by atoms with van der Waals surface area (Å²) in [5.74, 6) is -0.363. The van der Waals surface area contributed by atoms with Gasteiger partial charge < -0.3 is 20.3 Å². The van der Waals surface area contributed by atoms with Crippen molar-refractivity contribution in [3.63, 3.8) is 0 Å². The van der Waals surface area contributed by atoms with E-state index in [2.05, 4.69) is 43.4 Å². The van der Waals surface area contributed by atoms with E-state index in [0.29, 0.717) is 12.5 Å². The third-order valence-corrected chi connectivity index (χ3v) is 6.38. The van der Waals surface area contributed by atoms with Crippen molar-refractivity contribution in [3.8, 4) is 0 Å². The van der Waals surface area contributed by atoms with Crippen LogP contribution < -0.4 is 5.32 Å². The minimum atomic E-state index is -0.985. The maximum atomic E-state index is 10.9. The number of aryl methyl sites for hydroxylation is 1. The lowest BCUT2D eigenvalue weighted by Gasteiger charge is -2.31. The summed E-state index contributed by atoms with van der Waals surface area (Å²) in [7, 11) is 0. The number of benzene rings is 2. The first-order chi connectivity index (χ1) is 15.6. The van der Waals surface area contributed by atoms with Gasteiger partial charge in [0.05, 0.1) is 18.8 Å². The van der Waals surface area contributed by atoms with Crippen LogP contribution >= 0.6 is 0 Å². The van der Waals surface area contributed by atoms with Gasteiger partial charge in [0, 0.05) is 18.2 Å². The van der Waals surface area contributed by atoms with Gasteiger partial charge in [-0.15, -0.1) is 0 Å². The van der Waals surface area contributed by atoms with Crippen LogP contribution in [0.25, 0.3) is 6.08 Å². The van der Waals surface area contributed by atoms with Gasteiger partial charge in [-0.2, -0.15) is 0 Å². The van der Waals surface area contributed by atoms with Crippen molar-refractivity contribution in [1.82, 2.24) is 5.32 Å². The molecule has 0 radical (unpaired) electrons. The lowest BCUT2D eigenvalue weighted by atomic mass is 9.88. The Labute approximate surface area is 197 Å². The molecule has 1 aliphatic rings. The summed E-state index contributed by atoms with van der Waals surface area (Å²) in [6, 6.07) is 14.5. The van der Waals surface area contributed by atoms with Crippen molar-refractivity contribution in [2.24, 2.45) is 5.92 Å². The lowest BCUT2D eigenvalue weighted by molar-refractivity contribution is -0.131. The fourth-order valence-electron chi connectivity index (χ4n) is 4.75. The molecule has 1 aliphatic carbocycles. The lowest BCUT2D eigenvalue weighted by Crippen LogP contribution is -2.45. The van der Waals surface area contributed by atoms with E-state index in [1.165, 1.54) is 11.1 Å². The molecule has 5 heteroatoms. The molecule has 2 atom stereocenters. The van der Waals surface area contributed by atoms with Crippen LogP contribution in [-0.2, 0) is 22.4 Å². The number of hydrogen-bond donors (Lipinski definition) is 3. The van der Waals surface area contributed by atoms with E-state index < -0.39 is 12.1 Å². The monoisotopic (exact) mass is 451 g/mol. The first-order valence-corrected chi connectivity index (χ1v) is 11.8. The summed E-state index contributed by atoms with van der Waals surface area (Å²) in [5, 5.41) is 23.0. The minimum absolute atomic E-state index is 0.0787. The van der Waals surface area contributed by atoms with Crippen LogP contribution in [0.3, 0.4) is 0 Å². The molecule has 0 aliphatic heterocycles. The molecule has 0 saturated heterocycles. The number of ether oxygens (including phenoxy) is 1. The molecule has 0 unspecified atom stereocenters. The number of aliphatic hydroxyl groups excluding tert-OH is 1. The Morgan fingerprint density at radius 1 is 1.21 bits per heavy atom. The molecule has 5 nitrogen and oxygen atoms in total. The number of hydrogen-bond acceptors (Lipinski definition) is 4. The van der Waals surface area contributed by atoms with Crippen molar-refractivity contribution < 1.29 is 19.7 Å². The van der Waals surface area contributed by atoms with E-state index in [4.69, 9.17) is 9.84 Å². The maximum Gasteiger partial charge on any atom is 0.328 e. The van der Waals surface area contributed by atoms with E-state index >= 15 is 0 Å². The van der Waals surface area contributed by atoms with Gasteiger partial charge >= 0.3 is 5.97 Å². The molecule has 0 amide bonds. The van der Waals surface area contributed by atoms with E-state index in [9.17, 15) is 9.90 Å². The summed E-state index contributed by atoms with van der Waals surface area (Å²) >= 11 is 0. The number of carbonyl (C=O) groups is 1. The minimum Gasteiger partial charge on any atom is -0.478 e. The molecule has 3 N–H and O–H groups in total. The van der Waals surface area contributed by atoms with Gasteiger partial charge in [-0.25, -0.2) is 4.79 Å². The summed E-state index contributed by atoms with van der Waals surface area (Å²) in [6.45, 7) is 8.97. The van der Waals surface area contributed by atoms with Crippen LogP contribution in [-0.4, -0.2) is 41.0 Å². The Morgan fingerprint density at radius 3 is 2.52 bits per heavy atom. The molecule has 0 aromatic heterocycles. The molecule has 33 heavy (non-hydrogen) atoms. The van der Waals surface area contributed by atoms with Crippen molar-refractivity contribution in [3.05, 3.63) is 76.4 Å². The number of aliphatic carboxylic acids is 1. The third-order valence-electron chi connectivity index (χ3n) is 6.38. The normalized spacial score (nSPS) is 16.2. The predicted octanol–water partition coefficient (Wildman–Crippen LogP) is 4.70. The Morgan fingerprint density at radius 2 is 1.88 bits per heavy atom. The number of fused-ring (bicyclic) bond motifs is 1. The predicted molar refractivity (Wildman–Crippen MR) is 132 cm³/mol. The van der Waals surface area contributed by atoms with Gasteiger partial charge in [-0.05, 0) is 81.2 Å². The third kappa shape index (κ3) is 7.53. The van der Waals surface area contributed by atoms with E-state index in [-0.39, 0.29) is 18.2 Å². The van der Waals surface area contributed by atoms with Crippen molar-refractivity contribution in [2.45, 2.75) is 64.7 Å². The molecular weight excluding hydrogens is 414 g/mol. The fourth-order valence-corrected chi connectivity index (χ4v) is 4.75. The Balaban J connectivity index is 1.48. The first-order valence-electron chi connectivity index (χ1n) is 11.8.